The van der Waals surface area contributed by atoms with E-state index in [2.05, 4.69) is 20.6 Å². The molecule has 174 valence electrons. The van der Waals surface area contributed by atoms with Crippen LogP contribution in [-0.4, -0.2) is 29.7 Å². The lowest BCUT2D eigenvalue weighted by molar-refractivity contribution is 0.0256. The molecule has 2 heterocycles. The Morgan fingerprint density at radius 3 is 2.82 bits per heavy atom. The number of nitrogens with one attached hydrogen (secondary N) is 2. The lowest BCUT2D eigenvalue weighted by Gasteiger charge is -2.24. The van der Waals surface area contributed by atoms with Gasteiger partial charge in [-0.1, -0.05) is 23.7 Å². The van der Waals surface area contributed by atoms with E-state index in [0.29, 0.717) is 57.5 Å². The molecule has 1 aliphatic rings. The monoisotopic (exact) mass is 482 g/mol. The van der Waals surface area contributed by atoms with Crippen molar-refractivity contribution in [2.24, 2.45) is 0 Å². The molecule has 0 aliphatic carbocycles. The summed E-state index contributed by atoms with van der Waals surface area (Å²) in [6.45, 7) is 2.01. The molecule has 9 heteroatoms. The normalized spacial score (nSPS) is 15.9. The van der Waals surface area contributed by atoms with E-state index >= 15 is 0 Å². The molecule has 6 nitrogen and oxygen atoms in total. The molecule has 1 fully saturated rings. The van der Waals surface area contributed by atoms with Crippen molar-refractivity contribution in [2.75, 3.05) is 25.0 Å². The van der Waals surface area contributed by atoms with Crippen LogP contribution in [0, 0.1) is 11.6 Å². The highest BCUT2D eigenvalue weighted by atomic mass is 35.5. The Bertz CT molecular complexity index is 1330. The van der Waals surface area contributed by atoms with E-state index in [1.807, 2.05) is 0 Å². The molecule has 1 atom stereocenters. The number of benzene rings is 3. The third-order valence-electron chi connectivity index (χ3n) is 5.51. The minimum atomic E-state index is -0.377. The zero-order valence-corrected chi connectivity index (χ0v) is 18.8. The first-order chi connectivity index (χ1) is 16.6. The van der Waals surface area contributed by atoms with E-state index in [0.717, 1.165) is 6.54 Å². The molecular formula is C25H21ClF2N4O2. The van der Waals surface area contributed by atoms with Gasteiger partial charge in [-0.25, -0.2) is 18.7 Å². The highest BCUT2D eigenvalue weighted by Gasteiger charge is 2.21. The molecule has 1 saturated heterocycles. The lowest BCUT2D eigenvalue weighted by atomic mass is 10.0. The molecule has 0 radical (unpaired) electrons. The fourth-order valence-corrected chi connectivity index (χ4v) is 4.06. The summed E-state index contributed by atoms with van der Waals surface area (Å²) in [5.41, 5.74) is 2.41. The van der Waals surface area contributed by atoms with Crippen molar-refractivity contribution in [1.82, 2.24) is 15.3 Å². The van der Waals surface area contributed by atoms with Gasteiger partial charge in [-0.3, -0.25) is 0 Å². The van der Waals surface area contributed by atoms with E-state index in [-0.39, 0.29) is 24.3 Å². The smallest absolute Gasteiger partial charge is 0.141 e. The van der Waals surface area contributed by atoms with E-state index in [1.165, 1.54) is 24.5 Å². The van der Waals surface area contributed by atoms with Crippen LogP contribution in [0.2, 0.25) is 5.02 Å². The van der Waals surface area contributed by atoms with Crippen LogP contribution in [0.4, 0.5) is 20.3 Å². The van der Waals surface area contributed by atoms with Crippen molar-refractivity contribution in [2.45, 2.75) is 12.7 Å². The van der Waals surface area contributed by atoms with Gasteiger partial charge in [-0.2, -0.15) is 0 Å². The summed E-state index contributed by atoms with van der Waals surface area (Å²) in [7, 11) is 0. The maximum Gasteiger partial charge on any atom is 0.141 e. The molecule has 0 saturated carbocycles. The predicted octanol–water partition coefficient (Wildman–Crippen LogP) is 5.54. The van der Waals surface area contributed by atoms with Gasteiger partial charge in [0, 0.05) is 29.7 Å². The van der Waals surface area contributed by atoms with Crippen LogP contribution in [0.3, 0.4) is 0 Å². The number of nitrogens with zero attached hydrogens (tertiary/aromatic N) is 2. The average molecular weight is 483 g/mol. The second kappa shape index (κ2) is 9.89. The number of fused-ring (bicyclic) bond motifs is 1. The Kier molecular flexibility index (Phi) is 6.53. The van der Waals surface area contributed by atoms with Crippen LogP contribution in [0.1, 0.15) is 17.2 Å². The van der Waals surface area contributed by atoms with Gasteiger partial charge in [0.15, 0.2) is 0 Å². The molecule has 0 bridgehead atoms. The second-order valence-corrected chi connectivity index (χ2v) is 8.27. The van der Waals surface area contributed by atoms with Crippen molar-refractivity contribution < 1.29 is 18.3 Å². The molecule has 34 heavy (non-hydrogen) atoms. The first-order valence-electron chi connectivity index (χ1n) is 10.8. The third-order valence-corrected chi connectivity index (χ3v) is 5.80. The van der Waals surface area contributed by atoms with Crippen molar-refractivity contribution in [3.8, 4) is 5.75 Å². The minimum absolute atomic E-state index is 0.183. The summed E-state index contributed by atoms with van der Waals surface area (Å²) in [5.74, 6) is 0.205. The van der Waals surface area contributed by atoms with Crippen molar-refractivity contribution in [1.29, 1.82) is 0 Å². The Balaban J connectivity index is 1.35. The van der Waals surface area contributed by atoms with Crippen molar-refractivity contribution >= 4 is 34.0 Å². The largest absolute Gasteiger partial charge is 0.487 e. The van der Waals surface area contributed by atoms with Gasteiger partial charge in [0.25, 0.3) is 0 Å². The zero-order chi connectivity index (χ0) is 23.5. The molecule has 4 aromatic rings. The Labute approximate surface area is 199 Å². The summed E-state index contributed by atoms with van der Waals surface area (Å²) in [5, 5.41) is 7.29. The first-order valence-corrected chi connectivity index (χ1v) is 11.1. The van der Waals surface area contributed by atoms with E-state index < -0.39 is 0 Å². The lowest BCUT2D eigenvalue weighted by Crippen LogP contribution is -2.33. The predicted molar refractivity (Wildman–Crippen MR) is 127 cm³/mol. The Morgan fingerprint density at radius 2 is 2.03 bits per heavy atom. The molecule has 1 aliphatic heterocycles. The highest BCUT2D eigenvalue weighted by Crippen LogP contribution is 2.32. The van der Waals surface area contributed by atoms with Crippen LogP contribution in [0.25, 0.3) is 10.9 Å². The summed E-state index contributed by atoms with van der Waals surface area (Å²) in [6.07, 6.45) is 1.06. The van der Waals surface area contributed by atoms with Crippen LogP contribution in [-0.2, 0) is 11.3 Å². The van der Waals surface area contributed by atoms with E-state index in [9.17, 15) is 8.78 Å². The quantitative estimate of drug-likeness (QED) is 0.376. The average Bonchev–Trinajstić information content (AvgIpc) is 2.84. The second-order valence-electron chi connectivity index (χ2n) is 7.87. The topological polar surface area (TPSA) is 68.3 Å². The maximum absolute atomic E-state index is 14.9. The van der Waals surface area contributed by atoms with Gasteiger partial charge in [0.2, 0.25) is 0 Å². The molecule has 3 aromatic carbocycles. The number of rotatable bonds is 6. The van der Waals surface area contributed by atoms with Gasteiger partial charge >= 0.3 is 0 Å². The Morgan fingerprint density at radius 1 is 1.12 bits per heavy atom. The van der Waals surface area contributed by atoms with Gasteiger partial charge in [-0.15, -0.1) is 0 Å². The van der Waals surface area contributed by atoms with Crippen LogP contribution < -0.4 is 15.4 Å². The zero-order valence-electron chi connectivity index (χ0n) is 18.0. The number of anilines is 2. The van der Waals surface area contributed by atoms with Gasteiger partial charge in [-0.05, 0) is 48.0 Å². The highest BCUT2D eigenvalue weighted by molar-refractivity contribution is 6.32. The summed E-state index contributed by atoms with van der Waals surface area (Å²) in [4.78, 5) is 8.58. The number of hydrogen-bond acceptors (Lipinski definition) is 6. The van der Waals surface area contributed by atoms with Gasteiger partial charge in [0.05, 0.1) is 23.3 Å². The van der Waals surface area contributed by atoms with E-state index in [4.69, 9.17) is 21.1 Å². The van der Waals surface area contributed by atoms with Crippen molar-refractivity contribution in [3.05, 3.63) is 88.7 Å². The third kappa shape index (κ3) is 4.94. The molecular weight excluding hydrogens is 462 g/mol. The molecule has 1 unspecified atom stereocenters. The summed E-state index contributed by atoms with van der Waals surface area (Å²) < 4.78 is 39.7. The van der Waals surface area contributed by atoms with Crippen molar-refractivity contribution in [3.63, 3.8) is 0 Å². The van der Waals surface area contributed by atoms with E-state index in [1.54, 1.807) is 36.4 Å². The fraction of sp³-hybridized carbons (Fsp3) is 0.200. The molecule has 5 rings (SSSR count). The number of aromatic nitrogens is 2. The number of hydrogen-bond donors (Lipinski definition) is 2. The number of halogens is 3. The van der Waals surface area contributed by atoms with Gasteiger partial charge < -0.3 is 20.1 Å². The number of morpholine rings is 1. The fourth-order valence-electron chi connectivity index (χ4n) is 3.82. The standard InChI is InChI=1S/C25H21ClF2N4O2/c26-20-9-17(4-5-23(20)34-13-15-2-1-3-16(27)8-15)32-25-19-10-21(28)18(11-22(19)30-14-31-25)24-12-29-6-7-33-24/h1-5,8-11,14,24,29H,6-7,12-13H2,(H,30,31,32). The van der Waals surface area contributed by atoms with Crippen LogP contribution in [0.15, 0.2) is 60.9 Å². The Hall–Kier alpha value is -3.33. The summed E-state index contributed by atoms with van der Waals surface area (Å²) >= 11 is 6.39. The van der Waals surface area contributed by atoms with Gasteiger partial charge in [0.1, 0.15) is 36.1 Å². The summed E-state index contributed by atoms with van der Waals surface area (Å²) in [6, 6.07) is 14.5. The van der Waals surface area contributed by atoms with Crippen LogP contribution >= 0.6 is 11.6 Å². The maximum atomic E-state index is 14.9. The SMILES string of the molecule is Fc1cccc(COc2ccc(Nc3ncnc4cc(C5CNCCO5)c(F)cc34)cc2Cl)c1. The molecule has 0 amide bonds. The van der Waals surface area contributed by atoms with Crippen LogP contribution in [0.5, 0.6) is 5.75 Å². The number of ether oxygens (including phenoxy) is 2. The minimum Gasteiger partial charge on any atom is -0.487 e. The molecule has 1 aromatic heterocycles. The molecule has 2 N–H and O–H groups in total. The molecule has 0 spiro atoms. The first kappa shape index (κ1) is 22.5.